The van der Waals surface area contributed by atoms with Crippen molar-refractivity contribution < 1.29 is 14.4 Å². The number of oxime groups is 2. The first-order valence-electron chi connectivity index (χ1n) is 11.6. The quantitative estimate of drug-likeness (QED) is 0.557. The highest BCUT2D eigenvalue weighted by Gasteiger charge is 2.60. The van der Waals surface area contributed by atoms with Crippen LogP contribution in [0.15, 0.2) is 28.5 Å². The summed E-state index contributed by atoms with van der Waals surface area (Å²) in [5, 5.41) is 10.6. The lowest BCUT2D eigenvalue weighted by Crippen LogP contribution is -2.57. The second kappa shape index (κ2) is 8.83. The molecule has 0 bridgehead atoms. The minimum Gasteiger partial charge on any atom is -0.379 e. The van der Waals surface area contributed by atoms with Crippen molar-refractivity contribution in [3.8, 4) is 0 Å². The first-order valence-corrected chi connectivity index (χ1v) is 12.3. The molecule has 2 unspecified atom stereocenters. The van der Waals surface area contributed by atoms with Gasteiger partial charge in [-0.05, 0) is 62.4 Å². The van der Waals surface area contributed by atoms with E-state index in [2.05, 4.69) is 47.3 Å². The third kappa shape index (κ3) is 3.54. The van der Waals surface area contributed by atoms with E-state index in [-0.39, 0.29) is 0 Å². The monoisotopic (exact) mass is 501 g/mol. The normalized spacial score (nSPS) is 24.7. The van der Waals surface area contributed by atoms with Gasteiger partial charge in [0.1, 0.15) is 5.71 Å². The maximum absolute atomic E-state index is 6.66. The van der Waals surface area contributed by atoms with Gasteiger partial charge in [-0.1, -0.05) is 51.7 Å². The van der Waals surface area contributed by atoms with Crippen molar-refractivity contribution in [2.75, 3.05) is 26.3 Å². The minimum atomic E-state index is -0.883. The summed E-state index contributed by atoms with van der Waals surface area (Å²) in [6, 6.07) is 6.23. The summed E-state index contributed by atoms with van der Waals surface area (Å²) in [5.41, 5.74) is 7.70. The van der Waals surface area contributed by atoms with Crippen LogP contribution in [0.4, 0.5) is 0 Å². The van der Waals surface area contributed by atoms with Crippen LogP contribution in [0.25, 0.3) is 0 Å². The van der Waals surface area contributed by atoms with Crippen molar-refractivity contribution in [3.63, 3.8) is 0 Å². The zero-order chi connectivity index (χ0) is 24.2. The first-order chi connectivity index (χ1) is 16.3. The van der Waals surface area contributed by atoms with Crippen molar-refractivity contribution in [2.24, 2.45) is 10.3 Å². The number of rotatable bonds is 3. The van der Waals surface area contributed by atoms with Gasteiger partial charge >= 0.3 is 0 Å². The summed E-state index contributed by atoms with van der Waals surface area (Å²) in [5.74, 6) is 0. The van der Waals surface area contributed by atoms with Gasteiger partial charge in [-0.25, -0.2) is 0 Å². The van der Waals surface area contributed by atoms with Gasteiger partial charge in [0.2, 0.25) is 11.8 Å². The Morgan fingerprint density at radius 2 is 1.50 bits per heavy atom. The van der Waals surface area contributed by atoms with E-state index in [4.69, 9.17) is 37.6 Å². The fourth-order valence-corrected chi connectivity index (χ4v) is 5.86. The van der Waals surface area contributed by atoms with E-state index < -0.39 is 11.8 Å². The predicted octanol–water partition coefficient (Wildman–Crippen LogP) is 5.49. The van der Waals surface area contributed by atoms with Crippen LogP contribution < -0.4 is 0 Å². The number of ether oxygens (including phenoxy) is 1. The SMILES string of the molecule is Cc1cccc(C)c1C1=NOC(N2CCOCC2)C12CC(c1c(C)c(Cl)c(C)c(Cl)c1C)=NO2. The fourth-order valence-electron chi connectivity index (χ4n) is 5.44. The van der Waals surface area contributed by atoms with E-state index in [1.807, 2.05) is 20.8 Å². The van der Waals surface area contributed by atoms with Crippen molar-refractivity contribution in [2.45, 2.75) is 52.9 Å². The molecule has 2 aromatic carbocycles. The molecular formula is C26H29Cl2N3O3. The summed E-state index contributed by atoms with van der Waals surface area (Å²) < 4.78 is 5.59. The van der Waals surface area contributed by atoms with Crippen LogP contribution in [0.1, 0.15) is 45.4 Å². The van der Waals surface area contributed by atoms with Gasteiger partial charge in [0.15, 0.2) is 0 Å². The lowest BCUT2D eigenvalue weighted by atomic mass is 9.80. The van der Waals surface area contributed by atoms with Crippen molar-refractivity contribution in [1.29, 1.82) is 0 Å². The van der Waals surface area contributed by atoms with Gasteiger partial charge in [-0.3, -0.25) is 4.90 Å². The largest absolute Gasteiger partial charge is 0.379 e. The van der Waals surface area contributed by atoms with Crippen molar-refractivity contribution >= 4 is 34.6 Å². The molecule has 34 heavy (non-hydrogen) atoms. The third-order valence-electron chi connectivity index (χ3n) is 7.24. The number of halogens is 2. The highest BCUT2D eigenvalue weighted by molar-refractivity contribution is 6.38. The number of morpholine rings is 1. The van der Waals surface area contributed by atoms with Crippen LogP contribution in [-0.4, -0.2) is 54.5 Å². The Balaban J connectivity index is 1.61. The zero-order valence-electron chi connectivity index (χ0n) is 20.2. The Hall–Kier alpha value is -2.12. The molecule has 0 N–H and O–H groups in total. The molecule has 0 amide bonds. The van der Waals surface area contributed by atoms with E-state index in [9.17, 15) is 0 Å². The maximum Gasteiger partial charge on any atom is 0.241 e. The van der Waals surface area contributed by atoms with Crippen LogP contribution in [0, 0.1) is 34.6 Å². The van der Waals surface area contributed by atoms with Crippen LogP contribution >= 0.6 is 23.2 Å². The molecule has 8 heteroatoms. The Kier molecular flexibility index (Phi) is 6.13. The standard InChI is InChI=1S/C26H29Cl2N3O3/c1-14-7-6-8-15(2)20(14)24-26(25(33-30-24)31-9-11-32-12-10-31)13-19(29-34-26)21-16(3)22(27)18(5)23(28)17(21)4/h6-8,25H,9-13H2,1-5H3. The molecule has 0 radical (unpaired) electrons. The molecule has 2 aromatic rings. The Bertz CT molecular complexity index is 1170. The molecule has 1 spiro atoms. The molecule has 2 atom stereocenters. The second-order valence-corrected chi connectivity index (χ2v) is 10.1. The molecule has 6 nitrogen and oxygen atoms in total. The summed E-state index contributed by atoms with van der Waals surface area (Å²) in [6.45, 7) is 12.9. The first kappa shape index (κ1) is 23.6. The molecule has 180 valence electrons. The van der Waals surface area contributed by atoms with E-state index in [0.29, 0.717) is 29.7 Å². The van der Waals surface area contributed by atoms with Crippen LogP contribution in [0.3, 0.4) is 0 Å². The Labute approximate surface area is 210 Å². The number of hydrogen-bond acceptors (Lipinski definition) is 6. The molecule has 3 aliphatic heterocycles. The molecular weight excluding hydrogens is 473 g/mol. The lowest BCUT2D eigenvalue weighted by Gasteiger charge is -2.37. The van der Waals surface area contributed by atoms with Gasteiger partial charge in [0.25, 0.3) is 0 Å². The molecule has 3 heterocycles. The second-order valence-electron chi connectivity index (χ2n) is 9.39. The van der Waals surface area contributed by atoms with E-state index in [0.717, 1.165) is 63.5 Å². The fraction of sp³-hybridized carbons (Fsp3) is 0.462. The molecule has 0 saturated carbocycles. The molecule has 5 rings (SSSR count). The number of nitrogens with zero attached hydrogens (tertiary/aromatic N) is 3. The average Bonchev–Trinajstić information content (AvgIpc) is 3.42. The van der Waals surface area contributed by atoms with Crippen LogP contribution in [0.5, 0.6) is 0 Å². The lowest BCUT2D eigenvalue weighted by molar-refractivity contribution is -0.159. The van der Waals surface area contributed by atoms with Gasteiger partial charge in [0, 0.05) is 40.7 Å². The summed E-state index contributed by atoms with van der Waals surface area (Å²) in [6.07, 6.45) is 0.0858. The Morgan fingerprint density at radius 3 is 2.12 bits per heavy atom. The third-order valence-corrected chi connectivity index (χ3v) is 8.38. The van der Waals surface area contributed by atoms with Crippen LogP contribution in [0.2, 0.25) is 10.0 Å². The number of benzene rings is 2. The number of hydrogen-bond donors (Lipinski definition) is 0. The van der Waals surface area contributed by atoms with Crippen molar-refractivity contribution in [1.82, 2.24) is 4.90 Å². The maximum atomic E-state index is 6.66. The average molecular weight is 502 g/mol. The zero-order valence-corrected chi connectivity index (χ0v) is 21.7. The van der Waals surface area contributed by atoms with Crippen molar-refractivity contribution in [3.05, 3.63) is 67.2 Å². The van der Waals surface area contributed by atoms with Crippen LogP contribution in [-0.2, 0) is 14.4 Å². The van der Waals surface area contributed by atoms with Gasteiger partial charge in [0.05, 0.1) is 18.9 Å². The molecule has 1 fully saturated rings. The molecule has 0 aliphatic carbocycles. The minimum absolute atomic E-state index is 0.413. The van der Waals surface area contributed by atoms with Gasteiger partial charge < -0.3 is 14.4 Å². The van der Waals surface area contributed by atoms with E-state index in [1.54, 1.807) is 0 Å². The molecule has 3 aliphatic rings. The van der Waals surface area contributed by atoms with Gasteiger partial charge in [-0.15, -0.1) is 0 Å². The highest BCUT2D eigenvalue weighted by atomic mass is 35.5. The summed E-state index contributed by atoms with van der Waals surface area (Å²) in [4.78, 5) is 14.8. The summed E-state index contributed by atoms with van der Waals surface area (Å²) in [7, 11) is 0. The predicted molar refractivity (Wildman–Crippen MR) is 135 cm³/mol. The molecule has 0 aromatic heterocycles. The topological polar surface area (TPSA) is 55.7 Å². The summed E-state index contributed by atoms with van der Waals surface area (Å²) >= 11 is 13.3. The van der Waals surface area contributed by atoms with Gasteiger partial charge in [-0.2, -0.15) is 0 Å². The Morgan fingerprint density at radius 1 is 0.882 bits per heavy atom. The molecule has 1 saturated heterocycles. The van der Waals surface area contributed by atoms with E-state index in [1.165, 1.54) is 0 Å². The smallest absolute Gasteiger partial charge is 0.241 e. The van der Waals surface area contributed by atoms with E-state index >= 15 is 0 Å². The number of aryl methyl sites for hydroxylation is 2. The highest BCUT2D eigenvalue weighted by Crippen LogP contribution is 2.44.